The van der Waals surface area contributed by atoms with Gasteiger partial charge >= 0.3 is 0 Å². The van der Waals surface area contributed by atoms with Crippen LogP contribution in [-0.2, 0) is 0 Å². The van der Waals surface area contributed by atoms with Crippen molar-refractivity contribution >= 4 is 38.0 Å². The molecule has 25 heavy (non-hydrogen) atoms. The number of benzene rings is 1. The quantitative estimate of drug-likeness (QED) is 0.405. The van der Waals surface area contributed by atoms with Crippen LogP contribution in [0.2, 0.25) is 0 Å². The lowest BCUT2D eigenvalue weighted by Gasteiger charge is -2.08. The SMILES string of the molecule is N#Cc1c2c3cccn3c(-c3ccc(Br)cc3)nc2n2ccccc12. The van der Waals surface area contributed by atoms with Crippen molar-refractivity contribution < 1.29 is 0 Å². The molecule has 4 aromatic heterocycles. The summed E-state index contributed by atoms with van der Waals surface area (Å²) >= 11 is 3.48. The summed E-state index contributed by atoms with van der Waals surface area (Å²) in [6.45, 7) is 0. The number of nitriles is 1. The van der Waals surface area contributed by atoms with Crippen molar-refractivity contribution in [2.45, 2.75) is 0 Å². The average molecular weight is 387 g/mol. The molecule has 5 rings (SSSR count). The molecular formula is C20H11BrN4. The van der Waals surface area contributed by atoms with Crippen LogP contribution < -0.4 is 0 Å². The van der Waals surface area contributed by atoms with Gasteiger partial charge in [-0.2, -0.15) is 5.26 Å². The number of halogens is 1. The molecule has 0 saturated carbocycles. The number of hydrogen-bond donors (Lipinski definition) is 0. The zero-order valence-corrected chi connectivity index (χ0v) is 14.6. The van der Waals surface area contributed by atoms with Crippen LogP contribution in [0.25, 0.3) is 33.5 Å². The predicted molar refractivity (Wildman–Crippen MR) is 102 cm³/mol. The van der Waals surface area contributed by atoms with E-state index in [1.165, 1.54) is 0 Å². The molecule has 0 amide bonds. The average Bonchev–Trinajstić information content (AvgIpc) is 3.24. The summed E-state index contributed by atoms with van der Waals surface area (Å²) in [5.74, 6) is 0.854. The molecular weight excluding hydrogens is 376 g/mol. The van der Waals surface area contributed by atoms with Gasteiger partial charge in [0.2, 0.25) is 0 Å². The van der Waals surface area contributed by atoms with Crippen LogP contribution in [0, 0.1) is 11.3 Å². The topological polar surface area (TPSA) is 45.5 Å². The van der Waals surface area contributed by atoms with Crippen LogP contribution in [0.15, 0.2) is 71.5 Å². The fourth-order valence-corrected chi connectivity index (χ4v) is 3.65. The zero-order chi connectivity index (χ0) is 17.0. The van der Waals surface area contributed by atoms with Crippen LogP contribution >= 0.6 is 15.9 Å². The van der Waals surface area contributed by atoms with Crippen molar-refractivity contribution in [1.29, 1.82) is 5.26 Å². The normalized spacial score (nSPS) is 11.4. The molecule has 0 fully saturated rings. The Morgan fingerprint density at radius 1 is 0.880 bits per heavy atom. The highest BCUT2D eigenvalue weighted by atomic mass is 79.9. The van der Waals surface area contributed by atoms with E-state index in [2.05, 4.69) is 22.0 Å². The Morgan fingerprint density at radius 2 is 1.64 bits per heavy atom. The molecule has 0 unspecified atom stereocenters. The van der Waals surface area contributed by atoms with Gasteiger partial charge < -0.3 is 4.40 Å². The molecule has 0 aliphatic rings. The van der Waals surface area contributed by atoms with E-state index in [1.807, 2.05) is 75.8 Å². The molecule has 0 atom stereocenters. The maximum atomic E-state index is 9.73. The third kappa shape index (κ3) is 1.95. The molecule has 0 radical (unpaired) electrons. The second-order valence-corrected chi connectivity index (χ2v) is 6.76. The fourth-order valence-electron chi connectivity index (χ4n) is 3.38. The zero-order valence-electron chi connectivity index (χ0n) is 13.0. The molecule has 0 N–H and O–H groups in total. The van der Waals surface area contributed by atoms with Crippen molar-refractivity contribution in [3.8, 4) is 17.5 Å². The number of hydrogen-bond acceptors (Lipinski definition) is 2. The van der Waals surface area contributed by atoms with Gasteiger partial charge in [0, 0.05) is 22.4 Å². The highest BCUT2D eigenvalue weighted by Crippen LogP contribution is 2.32. The molecule has 0 aliphatic carbocycles. The lowest BCUT2D eigenvalue weighted by molar-refractivity contribution is 1.11. The molecule has 5 aromatic rings. The second-order valence-electron chi connectivity index (χ2n) is 5.85. The molecule has 118 valence electrons. The van der Waals surface area contributed by atoms with E-state index in [-0.39, 0.29) is 0 Å². The van der Waals surface area contributed by atoms with E-state index in [9.17, 15) is 5.26 Å². The summed E-state index contributed by atoms with van der Waals surface area (Å²) in [5, 5.41) is 10.6. The van der Waals surface area contributed by atoms with Crippen LogP contribution in [0.3, 0.4) is 0 Å². The van der Waals surface area contributed by atoms with Gasteiger partial charge in [0.05, 0.1) is 22.0 Å². The summed E-state index contributed by atoms with van der Waals surface area (Å²) in [6.07, 6.45) is 3.94. The third-order valence-corrected chi connectivity index (χ3v) is 5.01. The van der Waals surface area contributed by atoms with Gasteiger partial charge in [-0.15, -0.1) is 0 Å². The van der Waals surface area contributed by atoms with Gasteiger partial charge in [-0.25, -0.2) is 4.98 Å². The summed E-state index contributed by atoms with van der Waals surface area (Å²) in [5.41, 5.74) is 4.35. The van der Waals surface area contributed by atoms with E-state index < -0.39 is 0 Å². The molecule has 1 aromatic carbocycles. The first-order valence-electron chi connectivity index (χ1n) is 7.84. The molecule has 0 aliphatic heterocycles. The Labute approximate surface area is 151 Å². The van der Waals surface area contributed by atoms with Crippen molar-refractivity contribution in [3.05, 3.63) is 77.0 Å². The van der Waals surface area contributed by atoms with Gasteiger partial charge in [0.25, 0.3) is 0 Å². The summed E-state index contributed by atoms with van der Waals surface area (Å²) in [7, 11) is 0. The first-order chi connectivity index (χ1) is 12.3. The fraction of sp³-hybridized carbons (Fsp3) is 0. The maximum Gasteiger partial charge on any atom is 0.150 e. The van der Waals surface area contributed by atoms with Gasteiger partial charge in [-0.05, 0) is 36.4 Å². The first-order valence-corrected chi connectivity index (χ1v) is 8.63. The summed E-state index contributed by atoms with van der Waals surface area (Å²) in [4.78, 5) is 4.93. The minimum Gasteiger partial charge on any atom is -0.300 e. The van der Waals surface area contributed by atoms with Gasteiger partial charge in [-0.3, -0.25) is 4.40 Å². The summed E-state index contributed by atoms with van der Waals surface area (Å²) < 4.78 is 5.07. The van der Waals surface area contributed by atoms with Gasteiger partial charge in [-0.1, -0.05) is 34.1 Å². The Bertz CT molecular complexity index is 1300. The van der Waals surface area contributed by atoms with Crippen LogP contribution in [0.4, 0.5) is 0 Å². The highest BCUT2D eigenvalue weighted by Gasteiger charge is 2.18. The molecule has 4 nitrogen and oxygen atoms in total. The smallest absolute Gasteiger partial charge is 0.150 e. The van der Waals surface area contributed by atoms with Crippen molar-refractivity contribution in [2.24, 2.45) is 0 Å². The monoisotopic (exact) mass is 386 g/mol. The van der Waals surface area contributed by atoms with Crippen molar-refractivity contribution in [1.82, 2.24) is 13.8 Å². The maximum absolute atomic E-state index is 9.73. The Morgan fingerprint density at radius 3 is 2.44 bits per heavy atom. The largest absolute Gasteiger partial charge is 0.300 e. The minimum absolute atomic E-state index is 0.661. The lowest BCUT2D eigenvalue weighted by atomic mass is 10.1. The number of rotatable bonds is 1. The molecule has 5 heteroatoms. The van der Waals surface area contributed by atoms with E-state index in [4.69, 9.17) is 4.98 Å². The number of pyridine rings is 1. The van der Waals surface area contributed by atoms with E-state index in [0.29, 0.717) is 5.56 Å². The highest BCUT2D eigenvalue weighted by molar-refractivity contribution is 9.10. The van der Waals surface area contributed by atoms with Crippen molar-refractivity contribution in [3.63, 3.8) is 0 Å². The Hall–Kier alpha value is -3.10. The van der Waals surface area contributed by atoms with E-state index >= 15 is 0 Å². The molecule has 0 spiro atoms. The molecule has 0 saturated heterocycles. The third-order valence-electron chi connectivity index (χ3n) is 4.48. The molecule has 0 bridgehead atoms. The van der Waals surface area contributed by atoms with Crippen LogP contribution in [-0.4, -0.2) is 13.8 Å². The van der Waals surface area contributed by atoms with E-state index in [1.54, 1.807) is 0 Å². The summed E-state index contributed by atoms with van der Waals surface area (Å²) in [6, 6.07) is 20.3. The van der Waals surface area contributed by atoms with Crippen molar-refractivity contribution in [2.75, 3.05) is 0 Å². The van der Waals surface area contributed by atoms with E-state index in [0.717, 1.165) is 37.9 Å². The standard InChI is InChI=1S/C20H11BrN4/c21-14-8-6-13(7-9-14)19-23-20-18(17-5-3-11-25(17)19)15(12-22)16-4-1-2-10-24(16)20/h1-11H. The van der Waals surface area contributed by atoms with Crippen LogP contribution in [0.1, 0.15) is 5.56 Å². The Kier molecular flexibility index (Phi) is 2.97. The van der Waals surface area contributed by atoms with Gasteiger partial charge in [0.1, 0.15) is 17.5 Å². The Balaban J connectivity index is 2.01. The molecule has 4 heterocycles. The number of aromatic nitrogens is 3. The number of fused-ring (bicyclic) bond motifs is 5. The van der Waals surface area contributed by atoms with Crippen LogP contribution in [0.5, 0.6) is 0 Å². The first kappa shape index (κ1) is 14.3. The minimum atomic E-state index is 0.661. The second kappa shape index (κ2) is 5.20. The number of nitrogens with zero attached hydrogens (tertiary/aromatic N) is 4. The van der Waals surface area contributed by atoms with Gasteiger partial charge in [0.15, 0.2) is 0 Å². The lowest BCUT2D eigenvalue weighted by Crippen LogP contribution is -1.97. The predicted octanol–water partition coefficient (Wildman–Crippen LogP) is 5.04.